The summed E-state index contributed by atoms with van der Waals surface area (Å²) in [5.41, 5.74) is 0.878. The van der Waals surface area contributed by atoms with Crippen molar-refractivity contribution in [2.75, 3.05) is 149 Å². The Kier molecular flexibility index (Phi) is 38.0. The van der Waals surface area contributed by atoms with Crippen LogP contribution in [-0.2, 0) is 52.4 Å². The highest BCUT2D eigenvalue weighted by molar-refractivity contribution is 8.00. The lowest BCUT2D eigenvalue weighted by molar-refractivity contribution is -0.122. The quantitative estimate of drug-likeness (QED) is 0.0328. The van der Waals surface area contributed by atoms with Gasteiger partial charge in [-0.1, -0.05) is 12.8 Å². The highest BCUT2D eigenvalue weighted by Crippen LogP contribution is 2.32. The molecule has 6 unspecified atom stereocenters. The minimum Gasteiger partial charge on any atom is -0.379 e. The van der Waals surface area contributed by atoms with E-state index in [9.17, 15) is 33.6 Å². The van der Waals surface area contributed by atoms with Crippen LogP contribution in [-0.4, -0.2) is 221 Å². The summed E-state index contributed by atoms with van der Waals surface area (Å²) in [5.74, 6) is 0.900. The van der Waals surface area contributed by atoms with Crippen molar-refractivity contribution in [3.05, 3.63) is 29.3 Å². The Morgan fingerprint density at radius 1 is 0.519 bits per heavy atom. The van der Waals surface area contributed by atoms with Crippen LogP contribution in [0.4, 0.5) is 5.69 Å². The Morgan fingerprint density at radius 3 is 1.40 bits per heavy atom. The maximum absolute atomic E-state index is 13.3. The maximum atomic E-state index is 13.3. The lowest BCUT2D eigenvalue weighted by Crippen LogP contribution is -2.48. The summed E-state index contributed by atoms with van der Waals surface area (Å²) < 4.78 is 33.8. The number of carbonyl (C=O) groups excluding carboxylic acids is 7. The predicted molar refractivity (Wildman–Crippen MR) is 316 cm³/mol. The van der Waals surface area contributed by atoms with Gasteiger partial charge in [0.05, 0.1) is 64.9 Å². The number of nitrogens with one attached hydrogen (secondary N) is 10. The van der Waals surface area contributed by atoms with E-state index in [-0.39, 0.29) is 70.7 Å². The molecule has 3 saturated heterocycles. The smallest absolute Gasteiger partial charge is 0.251 e. The molecule has 1 aromatic rings. The van der Waals surface area contributed by atoms with Crippen LogP contribution in [0, 0.1) is 5.92 Å². The number of amides is 7. The van der Waals surface area contributed by atoms with Gasteiger partial charge in [0.25, 0.3) is 11.8 Å². The van der Waals surface area contributed by atoms with Gasteiger partial charge in [-0.3, -0.25) is 33.6 Å². The number of hydrogen-bond donors (Lipinski definition) is 10. The van der Waals surface area contributed by atoms with Gasteiger partial charge in [0.2, 0.25) is 30.5 Å². The van der Waals surface area contributed by atoms with E-state index in [1.54, 1.807) is 12.1 Å². The summed E-state index contributed by atoms with van der Waals surface area (Å²) in [6.07, 6.45) is 12.0. The number of unbranched alkanes of at least 4 members (excludes halogenated alkanes) is 2. The zero-order valence-corrected chi connectivity index (χ0v) is 49.7. The molecule has 81 heavy (non-hydrogen) atoms. The number of benzene rings is 1. The predicted octanol–water partition coefficient (Wildman–Crippen LogP) is 1.73. The highest BCUT2D eigenvalue weighted by Gasteiger charge is 2.36. The number of anilines is 1. The van der Waals surface area contributed by atoms with Gasteiger partial charge < -0.3 is 81.6 Å². The van der Waals surface area contributed by atoms with E-state index >= 15 is 0 Å². The van der Waals surface area contributed by atoms with E-state index in [4.69, 9.17) is 28.4 Å². The first-order valence-electron chi connectivity index (χ1n) is 29.4. The standard InChI is InChI=1S/C56H96N10O13S2/c1-57-46-38-80-49(53(46)65-41-68)12-4-6-14-51(70)61-18-8-24-75-28-32-79-34-30-77-26-10-20-63-55(72)44-35-43(36-45(37-44)66-56(73)42-15-21-59-22-16-42)54(71)62-19-9-25-76-29-33-78-31-27-74-23-7-17-60-50(69)13-5-3-11-48-52(58-2)47(39-81-48)64-40-67/h35-37,40-42,46-49,52-53,57-59H,3-34,38-39H2,1-2H3,(H,60,69)(H,61,70)(H,62,71)(H,63,72)(H,64,67)(H,65,68)(H,66,73). The van der Waals surface area contributed by atoms with Crippen LogP contribution in [0.1, 0.15) is 111 Å². The van der Waals surface area contributed by atoms with Crippen molar-refractivity contribution in [2.45, 2.75) is 125 Å². The summed E-state index contributed by atoms with van der Waals surface area (Å²) in [6, 6.07) is 5.49. The minimum absolute atomic E-state index is 0.0415. The molecule has 0 bridgehead atoms. The van der Waals surface area contributed by atoms with E-state index in [1.165, 1.54) is 6.07 Å². The van der Waals surface area contributed by atoms with Gasteiger partial charge in [0.15, 0.2) is 0 Å². The molecular weight excluding hydrogens is 1080 g/mol. The molecule has 3 aliphatic heterocycles. The average Bonchev–Trinajstić information content (AvgIpc) is 4.11. The van der Waals surface area contributed by atoms with Gasteiger partial charge in [0, 0.05) is 122 Å². The number of likely N-dealkylation sites (N-methyl/N-ethyl adjacent to an activating group) is 2. The van der Waals surface area contributed by atoms with Crippen molar-refractivity contribution >= 4 is 71.6 Å². The maximum Gasteiger partial charge on any atom is 0.251 e. The number of thioether (sulfide) groups is 2. The molecule has 0 aliphatic carbocycles. The molecule has 23 nitrogen and oxygen atoms in total. The van der Waals surface area contributed by atoms with E-state index in [0.29, 0.717) is 173 Å². The Labute approximate surface area is 488 Å². The van der Waals surface area contributed by atoms with Crippen LogP contribution in [0.3, 0.4) is 0 Å². The summed E-state index contributed by atoms with van der Waals surface area (Å²) in [4.78, 5) is 86.1. The fraction of sp³-hybridized carbons (Fsp3) is 0.768. The normalized spacial score (nSPS) is 19.9. The van der Waals surface area contributed by atoms with Gasteiger partial charge in [-0.15, -0.1) is 0 Å². The van der Waals surface area contributed by atoms with Crippen molar-refractivity contribution in [1.29, 1.82) is 0 Å². The number of ether oxygens (including phenoxy) is 6. The first kappa shape index (κ1) is 69.3. The van der Waals surface area contributed by atoms with Crippen molar-refractivity contribution in [3.8, 4) is 0 Å². The third-order valence-corrected chi connectivity index (χ3v) is 17.2. The zero-order valence-electron chi connectivity index (χ0n) is 48.1. The first-order valence-corrected chi connectivity index (χ1v) is 31.5. The molecule has 4 rings (SSSR count). The zero-order chi connectivity index (χ0) is 58.0. The second kappa shape index (κ2) is 44.4. The molecule has 0 aromatic heterocycles. The monoisotopic (exact) mass is 1180 g/mol. The van der Waals surface area contributed by atoms with Gasteiger partial charge in [-0.2, -0.15) is 23.5 Å². The van der Waals surface area contributed by atoms with E-state index in [0.717, 1.165) is 75.9 Å². The van der Waals surface area contributed by atoms with Gasteiger partial charge in [-0.05, 0) is 110 Å². The molecule has 6 atom stereocenters. The first-order chi connectivity index (χ1) is 39.7. The highest BCUT2D eigenvalue weighted by atomic mass is 32.2. The average molecular weight is 1180 g/mol. The van der Waals surface area contributed by atoms with E-state index in [1.807, 2.05) is 37.6 Å². The molecule has 0 saturated carbocycles. The Hall–Kier alpha value is -4.15. The third kappa shape index (κ3) is 29.8. The summed E-state index contributed by atoms with van der Waals surface area (Å²) in [7, 11) is 3.84. The summed E-state index contributed by atoms with van der Waals surface area (Å²) in [5, 5.41) is 31.1. The number of hydrogen-bond acceptors (Lipinski definition) is 18. The topological polar surface area (TPSA) is 295 Å². The van der Waals surface area contributed by atoms with Crippen LogP contribution in [0.25, 0.3) is 0 Å². The lowest BCUT2D eigenvalue weighted by atomic mass is 9.97. The van der Waals surface area contributed by atoms with Crippen molar-refractivity contribution < 1.29 is 62.0 Å². The summed E-state index contributed by atoms with van der Waals surface area (Å²) in [6.45, 7) is 8.43. The molecule has 25 heteroatoms. The van der Waals surface area contributed by atoms with Gasteiger partial charge in [-0.25, -0.2) is 0 Å². The molecule has 1 aromatic carbocycles. The molecule has 3 fully saturated rings. The van der Waals surface area contributed by atoms with Gasteiger partial charge >= 0.3 is 0 Å². The summed E-state index contributed by atoms with van der Waals surface area (Å²) >= 11 is 3.74. The number of piperidine rings is 1. The molecular formula is C56H96N10O13S2. The van der Waals surface area contributed by atoms with Crippen molar-refractivity contribution in [2.24, 2.45) is 5.92 Å². The Bertz CT molecular complexity index is 1950. The molecule has 0 spiro atoms. The number of carbonyl (C=O) groups is 7. The largest absolute Gasteiger partial charge is 0.379 e. The van der Waals surface area contributed by atoms with E-state index in [2.05, 4.69) is 53.2 Å². The number of rotatable bonds is 48. The molecule has 3 heterocycles. The van der Waals surface area contributed by atoms with Gasteiger partial charge in [0.1, 0.15) is 0 Å². The third-order valence-electron chi connectivity index (χ3n) is 14.2. The van der Waals surface area contributed by atoms with Crippen molar-refractivity contribution in [1.82, 2.24) is 47.9 Å². The molecule has 10 N–H and O–H groups in total. The Morgan fingerprint density at radius 2 is 0.951 bits per heavy atom. The SMILES string of the molecule is CNC1CSC(CCCCC(=O)NCCCOCCOCCOCCCNC(=O)c2cc(NC(=O)C3CCNCC3)cc(C(=O)NCCCOCCOCCOCCCNC(=O)CCCCC3SCC(NC=O)C3NC)c2)C1NC=O. The van der Waals surface area contributed by atoms with Crippen LogP contribution >= 0.6 is 23.5 Å². The molecule has 460 valence electrons. The lowest BCUT2D eigenvalue weighted by Gasteiger charge is -2.22. The second-order valence-corrected chi connectivity index (χ2v) is 22.8. The van der Waals surface area contributed by atoms with Crippen LogP contribution in [0.2, 0.25) is 0 Å². The van der Waals surface area contributed by atoms with Crippen LogP contribution < -0.4 is 53.2 Å². The molecule has 3 aliphatic rings. The molecule has 0 radical (unpaired) electrons. The van der Waals surface area contributed by atoms with E-state index < -0.39 is 0 Å². The van der Waals surface area contributed by atoms with Crippen molar-refractivity contribution in [3.63, 3.8) is 0 Å². The van der Waals surface area contributed by atoms with Crippen LogP contribution in [0.15, 0.2) is 18.2 Å². The Balaban J connectivity index is 0.970. The second-order valence-electron chi connectivity index (χ2n) is 20.3. The fourth-order valence-electron chi connectivity index (χ4n) is 9.68. The van der Waals surface area contributed by atoms with Crippen LogP contribution in [0.5, 0.6) is 0 Å². The molecule has 7 amide bonds. The fourth-order valence-corrected chi connectivity index (χ4v) is 12.9. The minimum atomic E-state index is -0.376.